The van der Waals surface area contributed by atoms with E-state index in [1.54, 1.807) is 0 Å². The lowest BCUT2D eigenvalue weighted by Crippen LogP contribution is -2.21. The molecule has 17 heavy (non-hydrogen) atoms. The number of hydrogen-bond acceptors (Lipinski definition) is 2. The third-order valence-electron chi connectivity index (χ3n) is 2.72. The van der Waals surface area contributed by atoms with Gasteiger partial charge in [0.25, 0.3) is 0 Å². The predicted molar refractivity (Wildman–Crippen MR) is 70.6 cm³/mol. The summed E-state index contributed by atoms with van der Waals surface area (Å²) in [5, 5.41) is 3.42. The van der Waals surface area contributed by atoms with Gasteiger partial charge in [-0.05, 0) is 11.6 Å². The molecule has 0 saturated heterocycles. The molecule has 0 amide bonds. The highest BCUT2D eigenvalue weighted by Crippen LogP contribution is 2.17. The average Bonchev–Trinajstić information content (AvgIpc) is 2.73. The van der Waals surface area contributed by atoms with Gasteiger partial charge in [0.15, 0.2) is 0 Å². The van der Waals surface area contributed by atoms with Gasteiger partial charge in [0.2, 0.25) is 0 Å². The molecule has 3 nitrogen and oxygen atoms in total. The Morgan fingerprint density at radius 3 is 2.82 bits per heavy atom. The van der Waals surface area contributed by atoms with Crippen LogP contribution in [0.5, 0.6) is 0 Å². The summed E-state index contributed by atoms with van der Waals surface area (Å²) in [4.78, 5) is 4.36. The summed E-state index contributed by atoms with van der Waals surface area (Å²) in [5.74, 6) is 1.01. The van der Waals surface area contributed by atoms with E-state index in [-0.39, 0.29) is 0 Å². The third kappa shape index (κ3) is 2.94. The maximum atomic E-state index is 4.36. The summed E-state index contributed by atoms with van der Waals surface area (Å²) in [6.07, 6.45) is 3.79. The second kappa shape index (κ2) is 5.15. The van der Waals surface area contributed by atoms with E-state index in [0.717, 1.165) is 12.4 Å². The van der Waals surface area contributed by atoms with Gasteiger partial charge in [-0.15, -0.1) is 0 Å². The molecule has 0 atom stereocenters. The smallest absolute Gasteiger partial charge is 0.139 e. The Balaban J connectivity index is 2.20. The maximum Gasteiger partial charge on any atom is 0.139 e. The van der Waals surface area contributed by atoms with Crippen LogP contribution in [0.2, 0.25) is 0 Å². The van der Waals surface area contributed by atoms with Crippen LogP contribution >= 0.6 is 0 Å². The minimum Gasteiger partial charge on any atom is -0.334 e. The summed E-state index contributed by atoms with van der Waals surface area (Å²) < 4.78 is 2.04. The fourth-order valence-corrected chi connectivity index (χ4v) is 1.79. The minimum absolute atomic E-state index is 0.506. The molecule has 1 aromatic carbocycles. The van der Waals surface area contributed by atoms with E-state index in [4.69, 9.17) is 0 Å². The fourth-order valence-electron chi connectivity index (χ4n) is 1.79. The van der Waals surface area contributed by atoms with Crippen molar-refractivity contribution in [2.24, 2.45) is 7.05 Å². The van der Waals surface area contributed by atoms with Gasteiger partial charge in [0, 0.05) is 37.6 Å². The van der Waals surface area contributed by atoms with Crippen molar-refractivity contribution in [3.63, 3.8) is 0 Å². The zero-order chi connectivity index (χ0) is 12.3. The van der Waals surface area contributed by atoms with Crippen molar-refractivity contribution in [1.29, 1.82) is 0 Å². The molecule has 2 rings (SSSR count). The Kier molecular flexibility index (Phi) is 3.59. The molecule has 1 aromatic heterocycles. The van der Waals surface area contributed by atoms with E-state index < -0.39 is 0 Å². The number of aryl methyl sites for hydroxylation is 1. The van der Waals surface area contributed by atoms with Gasteiger partial charge in [0.1, 0.15) is 5.82 Å². The van der Waals surface area contributed by atoms with Crippen molar-refractivity contribution < 1.29 is 0 Å². The van der Waals surface area contributed by atoms with E-state index in [2.05, 4.69) is 48.4 Å². The molecule has 1 heterocycles. The molecule has 3 heteroatoms. The summed E-state index contributed by atoms with van der Waals surface area (Å²) in [7, 11) is 2.02. The van der Waals surface area contributed by atoms with Crippen LogP contribution in [0.3, 0.4) is 0 Å². The summed E-state index contributed by atoms with van der Waals surface area (Å²) in [6, 6.07) is 9.02. The molecule has 0 fully saturated rings. The Morgan fingerprint density at radius 2 is 2.18 bits per heavy atom. The van der Waals surface area contributed by atoms with Crippen molar-refractivity contribution >= 4 is 0 Å². The van der Waals surface area contributed by atoms with Gasteiger partial charge in [0.05, 0.1) is 0 Å². The van der Waals surface area contributed by atoms with Crippen molar-refractivity contribution in [2.75, 3.05) is 0 Å². The molecule has 0 aliphatic rings. The van der Waals surface area contributed by atoms with Crippen LogP contribution in [0.15, 0.2) is 36.7 Å². The fraction of sp³-hybridized carbons (Fsp3) is 0.357. The Morgan fingerprint density at radius 1 is 1.35 bits per heavy atom. The van der Waals surface area contributed by atoms with E-state index >= 15 is 0 Å². The number of nitrogens with one attached hydrogen (secondary N) is 1. The van der Waals surface area contributed by atoms with Crippen LogP contribution in [0.25, 0.3) is 11.4 Å². The monoisotopic (exact) mass is 229 g/mol. The molecule has 2 aromatic rings. The van der Waals surface area contributed by atoms with Crippen molar-refractivity contribution in [1.82, 2.24) is 14.9 Å². The second-order valence-corrected chi connectivity index (χ2v) is 4.60. The topological polar surface area (TPSA) is 29.9 Å². The standard InChI is InChI=1S/C14H19N3/c1-11(2)16-10-12-5-4-6-13(9-12)14-15-7-8-17(14)3/h4-9,11,16H,10H2,1-3H3. The largest absolute Gasteiger partial charge is 0.334 e. The molecule has 90 valence electrons. The van der Waals surface area contributed by atoms with E-state index in [1.807, 2.05) is 24.0 Å². The Labute approximate surface area is 103 Å². The lowest BCUT2D eigenvalue weighted by Gasteiger charge is -2.09. The van der Waals surface area contributed by atoms with Crippen molar-refractivity contribution in [3.05, 3.63) is 42.2 Å². The Hall–Kier alpha value is -1.61. The second-order valence-electron chi connectivity index (χ2n) is 4.60. The average molecular weight is 229 g/mol. The van der Waals surface area contributed by atoms with Gasteiger partial charge in [-0.3, -0.25) is 0 Å². The summed E-state index contributed by atoms with van der Waals surface area (Å²) >= 11 is 0. The number of aromatic nitrogens is 2. The van der Waals surface area contributed by atoms with Crippen LogP contribution in [0.4, 0.5) is 0 Å². The molecule has 0 radical (unpaired) electrons. The van der Waals surface area contributed by atoms with E-state index in [0.29, 0.717) is 6.04 Å². The first-order chi connectivity index (χ1) is 8.16. The van der Waals surface area contributed by atoms with Gasteiger partial charge in [-0.25, -0.2) is 4.98 Å². The number of benzene rings is 1. The third-order valence-corrected chi connectivity index (χ3v) is 2.72. The molecule has 0 saturated carbocycles. The van der Waals surface area contributed by atoms with Crippen LogP contribution < -0.4 is 5.32 Å². The molecule has 0 aliphatic carbocycles. The molecule has 0 bridgehead atoms. The molecule has 0 aliphatic heterocycles. The van der Waals surface area contributed by atoms with Gasteiger partial charge >= 0.3 is 0 Å². The van der Waals surface area contributed by atoms with Crippen LogP contribution in [0, 0.1) is 0 Å². The minimum atomic E-state index is 0.506. The highest BCUT2D eigenvalue weighted by Gasteiger charge is 2.04. The number of rotatable bonds is 4. The summed E-state index contributed by atoms with van der Waals surface area (Å²) in [5.41, 5.74) is 2.46. The van der Waals surface area contributed by atoms with Crippen LogP contribution in [0.1, 0.15) is 19.4 Å². The number of imidazole rings is 1. The van der Waals surface area contributed by atoms with E-state index in [9.17, 15) is 0 Å². The zero-order valence-corrected chi connectivity index (χ0v) is 10.6. The predicted octanol–water partition coefficient (Wildman–Crippen LogP) is 2.59. The van der Waals surface area contributed by atoms with Gasteiger partial charge < -0.3 is 9.88 Å². The maximum absolute atomic E-state index is 4.36. The molecular formula is C14H19N3. The molecule has 0 spiro atoms. The zero-order valence-electron chi connectivity index (χ0n) is 10.6. The molecule has 0 unspecified atom stereocenters. The highest BCUT2D eigenvalue weighted by atomic mass is 15.0. The van der Waals surface area contributed by atoms with Crippen LogP contribution in [-0.2, 0) is 13.6 Å². The normalized spacial score (nSPS) is 11.1. The van der Waals surface area contributed by atoms with Crippen LogP contribution in [-0.4, -0.2) is 15.6 Å². The summed E-state index contributed by atoms with van der Waals surface area (Å²) in [6.45, 7) is 5.21. The Bertz CT molecular complexity index is 486. The number of hydrogen-bond donors (Lipinski definition) is 1. The first-order valence-corrected chi connectivity index (χ1v) is 5.97. The lowest BCUT2D eigenvalue weighted by atomic mass is 10.1. The van der Waals surface area contributed by atoms with E-state index in [1.165, 1.54) is 11.1 Å². The van der Waals surface area contributed by atoms with Crippen molar-refractivity contribution in [2.45, 2.75) is 26.4 Å². The van der Waals surface area contributed by atoms with Gasteiger partial charge in [-0.2, -0.15) is 0 Å². The number of nitrogens with zero attached hydrogens (tertiary/aromatic N) is 2. The highest BCUT2D eigenvalue weighted by molar-refractivity contribution is 5.56. The van der Waals surface area contributed by atoms with Crippen molar-refractivity contribution in [3.8, 4) is 11.4 Å². The van der Waals surface area contributed by atoms with Gasteiger partial charge in [-0.1, -0.05) is 32.0 Å². The lowest BCUT2D eigenvalue weighted by molar-refractivity contribution is 0.589. The quantitative estimate of drug-likeness (QED) is 0.873. The first-order valence-electron chi connectivity index (χ1n) is 5.97. The first kappa shape index (κ1) is 11.9. The molecular weight excluding hydrogens is 210 g/mol. The SMILES string of the molecule is CC(C)NCc1cccc(-c2nccn2C)c1. The molecule has 1 N–H and O–H groups in total.